The van der Waals surface area contributed by atoms with Gasteiger partial charge in [-0.1, -0.05) is 30.3 Å². The average Bonchev–Trinajstić information content (AvgIpc) is 2.50. The van der Waals surface area contributed by atoms with Gasteiger partial charge in [0.2, 0.25) is 0 Å². The molecule has 0 saturated heterocycles. The molecule has 3 aromatic rings. The number of nitrogens with zero attached hydrogens (tertiary/aromatic N) is 3. The van der Waals surface area contributed by atoms with Crippen LogP contribution in [0.2, 0.25) is 0 Å². The summed E-state index contributed by atoms with van der Waals surface area (Å²) in [5, 5.41) is 0. The summed E-state index contributed by atoms with van der Waals surface area (Å²) in [5.74, 6) is 0.682. The first kappa shape index (κ1) is 13.4. The molecule has 0 aliphatic carbocycles. The van der Waals surface area contributed by atoms with Crippen LogP contribution in [-0.2, 0) is 6.42 Å². The van der Waals surface area contributed by atoms with Crippen LogP contribution in [0.15, 0.2) is 54.7 Å². The lowest BCUT2D eigenvalue weighted by Crippen LogP contribution is -1.98. The van der Waals surface area contributed by atoms with Gasteiger partial charge in [0, 0.05) is 24.0 Å². The molecular weight excluding hydrogens is 258 g/mol. The fourth-order valence-corrected chi connectivity index (χ4v) is 2.28. The van der Waals surface area contributed by atoms with Crippen LogP contribution in [0.5, 0.6) is 0 Å². The lowest BCUT2D eigenvalue weighted by atomic mass is 10.0. The molecule has 0 aliphatic heterocycles. The van der Waals surface area contributed by atoms with Gasteiger partial charge in [0.05, 0.1) is 0 Å². The fourth-order valence-electron chi connectivity index (χ4n) is 2.28. The summed E-state index contributed by atoms with van der Waals surface area (Å²) in [6.07, 6.45) is 2.60. The quantitative estimate of drug-likeness (QED) is 0.730. The second-order valence-electron chi connectivity index (χ2n) is 5.14. The molecule has 0 N–H and O–H groups in total. The Hall–Kier alpha value is -2.55. The van der Waals surface area contributed by atoms with Gasteiger partial charge in [-0.15, -0.1) is 0 Å². The molecule has 1 aromatic carbocycles. The van der Waals surface area contributed by atoms with Crippen LogP contribution >= 0.6 is 0 Å². The van der Waals surface area contributed by atoms with Crippen LogP contribution in [0.25, 0.3) is 11.5 Å². The number of benzene rings is 1. The summed E-state index contributed by atoms with van der Waals surface area (Å²) in [5.41, 5.74) is 5.40. The molecule has 0 saturated carbocycles. The summed E-state index contributed by atoms with van der Waals surface area (Å²) in [7, 11) is 0. The Morgan fingerprint density at radius 2 is 1.71 bits per heavy atom. The smallest absolute Gasteiger partial charge is 0.178 e. The molecule has 0 atom stereocenters. The zero-order valence-corrected chi connectivity index (χ0v) is 12.2. The van der Waals surface area contributed by atoms with E-state index >= 15 is 0 Å². The maximum absolute atomic E-state index is 4.70. The Balaban J connectivity index is 1.92. The van der Waals surface area contributed by atoms with Crippen LogP contribution in [-0.4, -0.2) is 15.0 Å². The predicted octanol–water partition coefficient (Wildman–Crippen LogP) is 3.75. The fraction of sp³-hybridized carbons (Fsp3) is 0.167. The van der Waals surface area contributed by atoms with Crippen molar-refractivity contribution in [2.24, 2.45) is 0 Å². The minimum atomic E-state index is 0.682. The van der Waals surface area contributed by atoms with Crippen molar-refractivity contribution in [3.05, 3.63) is 77.2 Å². The monoisotopic (exact) mass is 275 g/mol. The molecule has 3 heteroatoms. The average molecular weight is 275 g/mol. The molecule has 3 rings (SSSR count). The highest BCUT2D eigenvalue weighted by molar-refractivity contribution is 5.49. The van der Waals surface area contributed by atoms with Crippen molar-refractivity contribution >= 4 is 0 Å². The number of pyridine rings is 1. The lowest BCUT2D eigenvalue weighted by Gasteiger charge is -2.07. The van der Waals surface area contributed by atoms with Crippen LogP contribution in [0, 0.1) is 13.8 Å². The number of aryl methyl sites for hydroxylation is 2. The summed E-state index contributed by atoms with van der Waals surface area (Å²) >= 11 is 0. The second kappa shape index (κ2) is 5.83. The first-order valence-electron chi connectivity index (χ1n) is 7.03. The molecule has 0 spiro atoms. The van der Waals surface area contributed by atoms with E-state index in [0.29, 0.717) is 5.82 Å². The third kappa shape index (κ3) is 3.14. The normalized spacial score (nSPS) is 10.6. The van der Waals surface area contributed by atoms with Crippen LogP contribution in [0.3, 0.4) is 0 Å². The van der Waals surface area contributed by atoms with Gasteiger partial charge in [0.1, 0.15) is 5.69 Å². The van der Waals surface area contributed by atoms with Crippen molar-refractivity contribution in [2.75, 3.05) is 0 Å². The Bertz CT molecular complexity index is 766. The molecule has 0 unspecified atom stereocenters. The molecular formula is C18H17N3. The summed E-state index contributed by atoms with van der Waals surface area (Å²) in [6.45, 7) is 4.09. The number of hydrogen-bond acceptors (Lipinski definition) is 3. The van der Waals surface area contributed by atoms with Gasteiger partial charge in [-0.25, -0.2) is 15.0 Å². The highest BCUT2D eigenvalue weighted by Crippen LogP contribution is 2.16. The van der Waals surface area contributed by atoms with Crippen molar-refractivity contribution in [3.8, 4) is 11.5 Å². The van der Waals surface area contributed by atoms with Crippen molar-refractivity contribution in [1.29, 1.82) is 0 Å². The zero-order chi connectivity index (χ0) is 14.7. The zero-order valence-electron chi connectivity index (χ0n) is 12.2. The van der Waals surface area contributed by atoms with E-state index in [1.54, 1.807) is 6.20 Å². The van der Waals surface area contributed by atoms with E-state index in [1.165, 1.54) is 11.1 Å². The van der Waals surface area contributed by atoms with Gasteiger partial charge in [0.15, 0.2) is 5.82 Å². The molecule has 2 heterocycles. The van der Waals surface area contributed by atoms with Gasteiger partial charge in [0.25, 0.3) is 0 Å². The Morgan fingerprint density at radius 3 is 2.52 bits per heavy atom. The van der Waals surface area contributed by atoms with E-state index in [4.69, 9.17) is 4.98 Å². The minimum Gasteiger partial charge on any atom is -0.249 e. The molecule has 0 aliphatic rings. The van der Waals surface area contributed by atoms with E-state index in [9.17, 15) is 0 Å². The molecule has 0 fully saturated rings. The third-order valence-corrected chi connectivity index (χ3v) is 3.46. The standard InChI is InChI=1S/C18H17N3/c1-13-6-3-4-7-15(13)12-16-8-5-9-17(21-16)18-19-11-10-14(2)20-18/h3-11H,12H2,1-2H3. The second-order valence-corrected chi connectivity index (χ2v) is 5.14. The van der Waals surface area contributed by atoms with E-state index in [0.717, 1.165) is 23.5 Å². The molecule has 3 nitrogen and oxygen atoms in total. The van der Waals surface area contributed by atoms with Crippen molar-refractivity contribution in [3.63, 3.8) is 0 Å². The largest absolute Gasteiger partial charge is 0.249 e. The first-order chi connectivity index (χ1) is 10.2. The van der Waals surface area contributed by atoms with Crippen molar-refractivity contribution in [1.82, 2.24) is 15.0 Å². The number of rotatable bonds is 3. The van der Waals surface area contributed by atoms with Gasteiger partial charge in [-0.3, -0.25) is 0 Å². The highest BCUT2D eigenvalue weighted by atomic mass is 14.9. The van der Waals surface area contributed by atoms with Gasteiger partial charge in [-0.2, -0.15) is 0 Å². The topological polar surface area (TPSA) is 38.7 Å². The van der Waals surface area contributed by atoms with E-state index in [-0.39, 0.29) is 0 Å². The van der Waals surface area contributed by atoms with Crippen molar-refractivity contribution < 1.29 is 0 Å². The number of hydrogen-bond donors (Lipinski definition) is 0. The maximum atomic E-state index is 4.70. The third-order valence-electron chi connectivity index (χ3n) is 3.46. The van der Waals surface area contributed by atoms with Crippen molar-refractivity contribution in [2.45, 2.75) is 20.3 Å². The van der Waals surface area contributed by atoms with Crippen LogP contribution < -0.4 is 0 Å². The summed E-state index contributed by atoms with van der Waals surface area (Å²) < 4.78 is 0. The highest BCUT2D eigenvalue weighted by Gasteiger charge is 2.06. The number of aromatic nitrogens is 3. The minimum absolute atomic E-state index is 0.682. The molecule has 0 radical (unpaired) electrons. The summed E-state index contributed by atoms with van der Waals surface area (Å²) in [4.78, 5) is 13.4. The Morgan fingerprint density at radius 1 is 0.857 bits per heavy atom. The molecule has 0 amide bonds. The maximum Gasteiger partial charge on any atom is 0.178 e. The van der Waals surface area contributed by atoms with Gasteiger partial charge in [-0.05, 0) is 43.2 Å². The van der Waals surface area contributed by atoms with Gasteiger partial charge < -0.3 is 0 Å². The molecule has 0 bridgehead atoms. The predicted molar refractivity (Wildman–Crippen MR) is 84.0 cm³/mol. The van der Waals surface area contributed by atoms with E-state index in [2.05, 4.69) is 41.2 Å². The van der Waals surface area contributed by atoms with Crippen LogP contribution in [0.1, 0.15) is 22.5 Å². The summed E-state index contributed by atoms with van der Waals surface area (Å²) in [6, 6.07) is 16.3. The molecule has 2 aromatic heterocycles. The molecule has 21 heavy (non-hydrogen) atoms. The Kier molecular flexibility index (Phi) is 3.73. The van der Waals surface area contributed by atoms with Crippen LogP contribution in [0.4, 0.5) is 0 Å². The van der Waals surface area contributed by atoms with E-state index < -0.39 is 0 Å². The van der Waals surface area contributed by atoms with E-state index in [1.807, 2.05) is 31.2 Å². The Labute approximate surface area is 124 Å². The first-order valence-corrected chi connectivity index (χ1v) is 7.03. The van der Waals surface area contributed by atoms with Gasteiger partial charge >= 0.3 is 0 Å². The SMILES string of the molecule is Cc1ccnc(-c2cccc(Cc3ccccc3C)n2)n1. The molecule has 104 valence electrons. The lowest BCUT2D eigenvalue weighted by molar-refractivity contribution is 1.03.